The number of nitrogens with zero attached hydrogens (tertiary/aromatic N) is 1. The molecule has 0 saturated carbocycles. The van der Waals surface area contributed by atoms with Gasteiger partial charge in [-0.3, -0.25) is 0 Å². The van der Waals surface area contributed by atoms with E-state index in [0.29, 0.717) is 5.41 Å². The first-order chi connectivity index (χ1) is 17.9. The summed E-state index contributed by atoms with van der Waals surface area (Å²) in [6, 6.07) is 23.3. The predicted molar refractivity (Wildman–Crippen MR) is 157 cm³/mol. The highest BCUT2D eigenvalue weighted by atomic mass is 32.2. The standard InChI is InChI=1S/C25H28NS.C7H8O3S/c1-5-26-22-15-21(20-9-7-6-8-10-20)11-12-23(22)27-24(26)14-19-13-18(2)16-25(3,4)17-19;1-6-2-4-7(5-3-6)11(8,9)10/h6-15H,5,16-17H2,1-4H3;2-5H,1H3,(H,8,9,10)/q+1;/p-1. The second-order valence-corrected chi connectivity index (χ2v) is 13.2. The Hall–Kier alpha value is -3.06. The van der Waals surface area contributed by atoms with Crippen LogP contribution in [0.1, 0.15) is 51.1 Å². The average Bonchev–Trinajstić information content (AvgIpc) is 3.19. The summed E-state index contributed by atoms with van der Waals surface area (Å²) in [7, 11) is -4.27. The van der Waals surface area contributed by atoms with Crippen LogP contribution >= 0.6 is 11.3 Å². The van der Waals surface area contributed by atoms with E-state index in [9.17, 15) is 13.0 Å². The highest BCUT2D eigenvalue weighted by Gasteiger charge is 2.25. The number of hydrogen-bond donors (Lipinski definition) is 0. The van der Waals surface area contributed by atoms with Crippen LogP contribution in [0.25, 0.3) is 27.4 Å². The van der Waals surface area contributed by atoms with Crippen LogP contribution in [0.3, 0.4) is 0 Å². The Morgan fingerprint density at radius 1 is 0.947 bits per heavy atom. The largest absolute Gasteiger partial charge is 0.744 e. The van der Waals surface area contributed by atoms with Crippen molar-refractivity contribution in [2.45, 2.75) is 58.9 Å². The van der Waals surface area contributed by atoms with E-state index >= 15 is 0 Å². The highest BCUT2D eigenvalue weighted by molar-refractivity contribution is 7.85. The van der Waals surface area contributed by atoms with Crippen molar-refractivity contribution in [3.8, 4) is 11.1 Å². The van der Waals surface area contributed by atoms with Crippen molar-refractivity contribution >= 4 is 37.7 Å². The quantitative estimate of drug-likeness (QED) is 0.193. The molecule has 0 atom stereocenters. The fourth-order valence-electron chi connectivity index (χ4n) is 5.09. The number of thiazole rings is 1. The van der Waals surface area contributed by atoms with Crippen LogP contribution in [0.5, 0.6) is 0 Å². The molecule has 1 aromatic heterocycles. The normalized spacial score (nSPS) is 16.2. The zero-order valence-corrected chi connectivity index (χ0v) is 24.3. The molecule has 0 bridgehead atoms. The molecule has 0 unspecified atom stereocenters. The molecule has 38 heavy (non-hydrogen) atoms. The SMILES string of the molecule is CC[n+]1c(C=C2C=C(C)CC(C)(C)C2)sc2ccc(-c3ccccc3)cc21.Cc1ccc(S(=O)(=O)[O-])cc1. The molecule has 1 aliphatic carbocycles. The van der Waals surface area contributed by atoms with E-state index in [2.05, 4.69) is 92.9 Å². The lowest BCUT2D eigenvalue weighted by molar-refractivity contribution is -0.665. The van der Waals surface area contributed by atoms with Gasteiger partial charge in [0.1, 0.15) is 21.4 Å². The maximum absolute atomic E-state index is 10.4. The van der Waals surface area contributed by atoms with Crippen molar-refractivity contribution in [3.63, 3.8) is 0 Å². The van der Waals surface area contributed by atoms with Gasteiger partial charge in [-0.15, -0.1) is 0 Å². The minimum Gasteiger partial charge on any atom is -0.744 e. The van der Waals surface area contributed by atoms with Crippen LogP contribution in [0.4, 0.5) is 0 Å². The van der Waals surface area contributed by atoms with Gasteiger partial charge in [0.15, 0.2) is 0 Å². The molecule has 3 aromatic carbocycles. The lowest BCUT2D eigenvalue weighted by Crippen LogP contribution is -2.33. The maximum Gasteiger partial charge on any atom is 0.263 e. The molecule has 0 saturated heterocycles. The summed E-state index contributed by atoms with van der Waals surface area (Å²) < 4.78 is 35.0. The number of allylic oxidation sites excluding steroid dienone is 3. The van der Waals surface area contributed by atoms with Crippen LogP contribution in [-0.4, -0.2) is 13.0 Å². The van der Waals surface area contributed by atoms with Gasteiger partial charge in [0.2, 0.25) is 5.52 Å². The summed E-state index contributed by atoms with van der Waals surface area (Å²) in [4.78, 5) is -0.178. The number of aryl methyl sites for hydroxylation is 2. The zero-order chi connectivity index (χ0) is 27.5. The molecule has 0 N–H and O–H groups in total. The van der Waals surface area contributed by atoms with Gasteiger partial charge in [-0.1, -0.05) is 90.9 Å². The Kier molecular flexibility index (Phi) is 8.36. The smallest absolute Gasteiger partial charge is 0.263 e. The predicted octanol–water partition coefficient (Wildman–Crippen LogP) is 7.92. The third-order valence-corrected chi connectivity index (χ3v) is 8.61. The summed E-state index contributed by atoms with van der Waals surface area (Å²) >= 11 is 1.90. The number of rotatable bonds is 4. The Morgan fingerprint density at radius 2 is 1.63 bits per heavy atom. The maximum atomic E-state index is 10.4. The molecule has 0 amide bonds. The van der Waals surface area contributed by atoms with Crippen LogP contribution in [-0.2, 0) is 16.7 Å². The minimum atomic E-state index is -4.27. The second-order valence-electron chi connectivity index (χ2n) is 10.7. The molecule has 0 aliphatic heterocycles. The molecular weight excluding hydrogens is 510 g/mol. The Balaban J connectivity index is 0.000000257. The second kappa shape index (κ2) is 11.4. The fourth-order valence-corrected chi connectivity index (χ4v) is 6.74. The summed E-state index contributed by atoms with van der Waals surface area (Å²) in [5.74, 6) is 0. The van der Waals surface area contributed by atoms with Gasteiger partial charge in [0, 0.05) is 12.1 Å². The molecular formula is C32H35NO3S2. The first-order valence-electron chi connectivity index (χ1n) is 12.9. The summed E-state index contributed by atoms with van der Waals surface area (Å²) in [6.07, 6.45) is 7.16. The summed E-state index contributed by atoms with van der Waals surface area (Å²) in [5.41, 5.74) is 8.15. The van der Waals surface area contributed by atoms with Crippen molar-refractivity contribution in [2.75, 3.05) is 0 Å². The lowest BCUT2D eigenvalue weighted by atomic mass is 9.75. The van der Waals surface area contributed by atoms with Crippen molar-refractivity contribution in [2.24, 2.45) is 5.41 Å². The van der Waals surface area contributed by atoms with E-state index in [1.165, 1.54) is 56.1 Å². The van der Waals surface area contributed by atoms with Crippen LogP contribution in [0, 0.1) is 12.3 Å². The third-order valence-electron chi connectivity index (χ3n) is 6.64. The van der Waals surface area contributed by atoms with E-state index in [1.54, 1.807) is 12.1 Å². The van der Waals surface area contributed by atoms with Crippen LogP contribution < -0.4 is 4.57 Å². The van der Waals surface area contributed by atoms with E-state index in [-0.39, 0.29) is 4.90 Å². The Bertz CT molecular complexity index is 1590. The number of hydrogen-bond acceptors (Lipinski definition) is 4. The topological polar surface area (TPSA) is 61.1 Å². The van der Waals surface area contributed by atoms with Gasteiger partial charge in [-0.25, -0.2) is 8.42 Å². The zero-order valence-electron chi connectivity index (χ0n) is 22.7. The molecule has 198 valence electrons. The van der Waals surface area contributed by atoms with Crippen molar-refractivity contribution in [1.29, 1.82) is 0 Å². The van der Waals surface area contributed by atoms with Gasteiger partial charge in [0.05, 0.1) is 4.90 Å². The first kappa shape index (κ1) is 28.0. The molecule has 6 heteroatoms. The molecule has 5 rings (SSSR count). The van der Waals surface area contributed by atoms with Gasteiger partial charge in [-0.2, -0.15) is 4.57 Å². The van der Waals surface area contributed by atoms with E-state index < -0.39 is 10.1 Å². The first-order valence-corrected chi connectivity index (χ1v) is 15.1. The summed E-state index contributed by atoms with van der Waals surface area (Å²) in [5, 5.41) is 1.36. The molecule has 1 aliphatic rings. The van der Waals surface area contributed by atoms with E-state index in [4.69, 9.17) is 0 Å². The molecule has 0 spiro atoms. The van der Waals surface area contributed by atoms with Crippen LogP contribution in [0.2, 0.25) is 0 Å². The third kappa shape index (κ3) is 6.87. The Labute approximate surface area is 230 Å². The monoisotopic (exact) mass is 545 g/mol. The number of aromatic nitrogens is 1. The lowest BCUT2D eigenvalue weighted by Gasteiger charge is -2.29. The molecule has 0 fully saturated rings. The van der Waals surface area contributed by atoms with Crippen molar-refractivity contribution < 1.29 is 17.5 Å². The molecule has 0 radical (unpaired) electrons. The van der Waals surface area contributed by atoms with E-state index in [1.807, 2.05) is 18.3 Å². The number of benzene rings is 3. The Morgan fingerprint density at radius 3 is 2.24 bits per heavy atom. The van der Waals surface area contributed by atoms with E-state index in [0.717, 1.165) is 18.5 Å². The van der Waals surface area contributed by atoms with Gasteiger partial charge >= 0.3 is 0 Å². The van der Waals surface area contributed by atoms with Gasteiger partial charge in [0.25, 0.3) is 5.01 Å². The fraction of sp³-hybridized carbons (Fsp3) is 0.281. The van der Waals surface area contributed by atoms with Crippen molar-refractivity contribution in [1.82, 2.24) is 0 Å². The molecule has 4 nitrogen and oxygen atoms in total. The van der Waals surface area contributed by atoms with Gasteiger partial charge < -0.3 is 4.55 Å². The summed E-state index contributed by atoms with van der Waals surface area (Å²) in [6.45, 7) is 12.1. The highest BCUT2D eigenvalue weighted by Crippen LogP contribution is 2.39. The average molecular weight is 546 g/mol. The molecule has 4 aromatic rings. The van der Waals surface area contributed by atoms with Crippen LogP contribution in [0.15, 0.2) is 94.9 Å². The van der Waals surface area contributed by atoms with Crippen molar-refractivity contribution in [3.05, 3.63) is 101 Å². The van der Waals surface area contributed by atoms with Gasteiger partial charge in [-0.05, 0) is 73.9 Å². The minimum absolute atomic E-state index is 0.178. The molecule has 1 heterocycles. The number of fused-ring (bicyclic) bond motifs is 1.